The van der Waals surface area contributed by atoms with Crippen LogP contribution in [0.4, 0.5) is 0 Å². The summed E-state index contributed by atoms with van der Waals surface area (Å²) in [5.74, 6) is 1.19. The molecule has 0 spiro atoms. The second-order valence-corrected chi connectivity index (χ2v) is 10.5. The molecule has 0 saturated heterocycles. The predicted octanol–water partition coefficient (Wildman–Crippen LogP) is 5.21. The first-order valence-corrected chi connectivity index (χ1v) is 10.4. The van der Waals surface area contributed by atoms with Crippen LogP contribution in [0.5, 0.6) is 0 Å². The summed E-state index contributed by atoms with van der Waals surface area (Å²) in [7, 11) is -1.54. The second kappa shape index (κ2) is 5.74. The van der Waals surface area contributed by atoms with Gasteiger partial charge >= 0.3 is 0 Å². The van der Waals surface area contributed by atoms with Gasteiger partial charge in [0, 0.05) is 5.56 Å². The van der Waals surface area contributed by atoms with Gasteiger partial charge in [0.25, 0.3) is 0 Å². The van der Waals surface area contributed by atoms with Crippen LogP contribution >= 0.6 is 0 Å². The van der Waals surface area contributed by atoms with Crippen molar-refractivity contribution >= 4 is 14.1 Å². The van der Waals surface area contributed by atoms with Crippen LogP contribution in [0, 0.1) is 0 Å². The van der Waals surface area contributed by atoms with Gasteiger partial charge in [-0.25, -0.2) is 0 Å². The summed E-state index contributed by atoms with van der Waals surface area (Å²) >= 11 is 0. The Balaban J connectivity index is 2.34. The third kappa shape index (κ3) is 3.74. The lowest BCUT2D eigenvalue weighted by atomic mass is 9.92. The molecule has 0 aromatic heterocycles. The van der Waals surface area contributed by atoms with Gasteiger partial charge in [0.1, 0.15) is 5.76 Å². The highest BCUT2D eigenvalue weighted by Gasteiger charge is 2.22. The van der Waals surface area contributed by atoms with Crippen molar-refractivity contribution in [3.05, 3.63) is 41.5 Å². The van der Waals surface area contributed by atoms with Gasteiger partial charge in [0.15, 0.2) is 0 Å². The standard InChI is InChI=1S/C16H24OSi/c1-18(2,3)17-16(14-10-6-4-7-11-14)15-12-8-5-9-13-15/h4,6-7,10-11H,5,8-9,12-13H2,1-3H3. The van der Waals surface area contributed by atoms with Crippen LogP contribution in [-0.4, -0.2) is 8.32 Å². The Morgan fingerprint density at radius 1 is 0.944 bits per heavy atom. The number of hydrogen-bond acceptors (Lipinski definition) is 1. The highest BCUT2D eigenvalue weighted by molar-refractivity contribution is 6.70. The molecule has 0 amide bonds. The molecule has 0 aliphatic heterocycles. The van der Waals surface area contributed by atoms with Crippen molar-refractivity contribution in [1.82, 2.24) is 0 Å². The molecule has 0 unspecified atom stereocenters. The molecule has 0 radical (unpaired) electrons. The van der Waals surface area contributed by atoms with E-state index in [1.165, 1.54) is 49.0 Å². The number of benzene rings is 1. The average Bonchev–Trinajstić information content (AvgIpc) is 2.37. The van der Waals surface area contributed by atoms with E-state index in [0.717, 1.165) is 0 Å². The van der Waals surface area contributed by atoms with Gasteiger partial charge in [-0.05, 0) is 50.9 Å². The fraction of sp³-hybridized carbons (Fsp3) is 0.500. The lowest BCUT2D eigenvalue weighted by Gasteiger charge is -2.26. The average molecular weight is 260 g/mol. The van der Waals surface area contributed by atoms with E-state index in [4.69, 9.17) is 4.43 Å². The van der Waals surface area contributed by atoms with Gasteiger partial charge in [-0.3, -0.25) is 0 Å². The monoisotopic (exact) mass is 260 g/mol. The van der Waals surface area contributed by atoms with Crippen molar-refractivity contribution in [2.75, 3.05) is 0 Å². The molecule has 1 saturated carbocycles. The van der Waals surface area contributed by atoms with Crippen LogP contribution in [0.3, 0.4) is 0 Å². The Hall–Kier alpha value is -1.02. The van der Waals surface area contributed by atoms with Crippen molar-refractivity contribution < 1.29 is 4.43 Å². The molecular formula is C16H24OSi. The lowest BCUT2D eigenvalue weighted by molar-refractivity contribution is 0.491. The van der Waals surface area contributed by atoms with Gasteiger partial charge in [-0.15, -0.1) is 0 Å². The Labute approximate surface area is 112 Å². The first kappa shape index (κ1) is 13.4. The summed E-state index contributed by atoms with van der Waals surface area (Å²) in [5, 5.41) is 0. The zero-order chi connectivity index (χ0) is 13.0. The summed E-state index contributed by atoms with van der Waals surface area (Å²) in [4.78, 5) is 0. The van der Waals surface area contributed by atoms with Crippen molar-refractivity contribution in [2.45, 2.75) is 51.7 Å². The summed E-state index contributed by atoms with van der Waals surface area (Å²) < 4.78 is 6.38. The molecule has 0 N–H and O–H groups in total. The molecule has 18 heavy (non-hydrogen) atoms. The highest BCUT2D eigenvalue weighted by atomic mass is 28.4. The molecule has 0 atom stereocenters. The van der Waals surface area contributed by atoms with E-state index in [1.54, 1.807) is 0 Å². The summed E-state index contributed by atoms with van der Waals surface area (Å²) in [6.07, 6.45) is 6.45. The van der Waals surface area contributed by atoms with Crippen LogP contribution in [0.25, 0.3) is 5.76 Å². The lowest BCUT2D eigenvalue weighted by Crippen LogP contribution is -2.25. The van der Waals surface area contributed by atoms with Gasteiger partial charge < -0.3 is 4.43 Å². The van der Waals surface area contributed by atoms with Crippen molar-refractivity contribution in [3.63, 3.8) is 0 Å². The fourth-order valence-corrected chi connectivity index (χ4v) is 3.31. The molecule has 1 aliphatic rings. The van der Waals surface area contributed by atoms with E-state index in [0.29, 0.717) is 0 Å². The minimum atomic E-state index is -1.54. The molecule has 98 valence electrons. The number of allylic oxidation sites excluding steroid dienone is 1. The molecular weight excluding hydrogens is 236 g/mol. The summed E-state index contributed by atoms with van der Waals surface area (Å²) in [6.45, 7) is 6.79. The Morgan fingerprint density at radius 2 is 1.56 bits per heavy atom. The molecule has 0 bridgehead atoms. The minimum absolute atomic E-state index is 1.19. The maximum Gasteiger partial charge on any atom is 0.242 e. The summed E-state index contributed by atoms with van der Waals surface area (Å²) in [6, 6.07) is 10.6. The SMILES string of the molecule is C[Si](C)(C)OC(=C1CCCCC1)c1ccccc1. The first-order chi connectivity index (χ1) is 8.56. The zero-order valence-corrected chi connectivity index (χ0v) is 12.8. The maximum absolute atomic E-state index is 6.38. The van der Waals surface area contributed by atoms with Crippen LogP contribution in [-0.2, 0) is 4.43 Å². The first-order valence-electron chi connectivity index (χ1n) is 7.03. The number of rotatable bonds is 3. The summed E-state index contributed by atoms with van der Waals surface area (Å²) in [5.41, 5.74) is 2.80. The van der Waals surface area contributed by atoms with Gasteiger partial charge in [0.2, 0.25) is 8.32 Å². The Morgan fingerprint density at radius 3 is 2.11 bits per heavy atom. The smallest absolute Gasteiger partial charge is 0.242 e. The quantitative estimate of drug-likeness (QED) is 0.535. The molecule has 2 rings (SSSR count). The normalized spacial score (nSPS) is 16.5. The molecule has 2 heteroatoms. The second-order valence-electron chi connectivity index (χ2n) is 6.07. The van der Waals surface area contributed by atoms with Crippen molar-refractivity contribution in [3.8, 4) is 0 Å². The van der Waals surface area contributed by atoms with E-state index in [-0.39, 0.29) is 0 Å². The maximum atomic E-state index is 6.38. The van der Waals surface area contributed by atoms with Gasteiger partial charge in [-0.1, -0.05) is 36.8 Å². The van der Waals surface area contributed by atoms with E-state index in [9.17, 15) is 0 Å². The minimum Gasteiger partial charge on any atom is -0.544 e. The largest absolute Gasteiger partial charge is 0.544 e. The van der Waals surface area contributed by atoms with Crippen LogP contribution in [0.15, 0.2) is 35.9 Å². The topological polar surface area (TPSA) is 9.23 Å². The van der Waals surface area contributed by atoms with Crippen LogP contribution < -0.4 is 0 Å². The van der Waals surface area contributed by atoms with E-state index in [2.05, 4.69) is 50.0 Å². The molecule has 1 aromatic rings. The Bertz CT molecular complexity index is 406. The van der Waals surface area contributed by atoms with E-state index >= 15 is 0 Å². The third-order valence-corrected chi connectivity index (χ3v) is 4.04. The molecule has 0 heterocycles. The van der Waals surface area contributed by atoms with Crippen LogP contribution in [0.2, 0.25) is 19.6 Å². The van der Waals surface area contributed by atoms with Crippen molar-refractivity contribution in [2.24, 2.45) is 0 Å². The molecule has 1 nitrogen and oxygen atoms in total. The van der Waals surface area contributed by atoms with Crippen LogP contribution in [0.1, 0.15) is 37.7 Å². The number of hydrogen-bond donors (Lipinski definition) is 0. The van der Waals surface area contributed by atoms with Gasteiger partial charge in [-0.2, -0.15) is 0 Å². The molecule has 1 aliphatic carbocycles. The molecule has 1 aromatic carbocycles. The van der Waals surface area contributed by atoms with Crippen molar-refractivity contribution in [1.29, 1.82) is 0 Å². The Kier molecular flexibility index (Phi) is 4.28. The van der Waals surface area contributed by atoms with E-state index < -0.39 is 8.32 Å². The molecule has 1 fully saturated rings. The third-order valence-electron chi connectivity index (χ3n) is 3.22. The van der Waals surface area contributed by atoms with E-state index in [1.807, 2.05) is 0 Å². The predicted molar refractivity (Wildman–Crippen MR) is 80.9 cm³/mol. The van der Waals surface area contributed by atoms with Gasteiger partial charge in [0.05, 0.1) is 0 Å². The fourth-order valence-electron chi connectivity index (χ4n) is 2.44. The highest BCUT2D eigenvalue weighted by Crippen LogP contribution is 2.33. The zero-order valence-electron chi connectivity index (χ0n) is 11.8.